The molecule has 2 aromatic carbocycles. The number of carboxylic acids is 1. The number of anilines is 3. The van der Waals surface area contributed by atoms with Crippen LogP contribution < -0.4 is 20.9 Å². The predicted octanol–water partition coefficient (Wildman–Crippen LogP) is 3.44. The van der Waals surface area contributed by atoms with Crippen LogP contribution in [0.4, 0.5) is 26.7 Å². The van der Waals surface area contributed by atoms with E-state index in [1.165, 1.54) is 0 Å². The number of aliphatic carboxylic acids is 1. The summed E-state index contributed by atoms with van der Waals surface area (Å²) in [7, 11) is 0. The van der Waals surface area contributed by atoms with Crippen LogP contribution in [0.25, 0.3) is 0 Å². The van der Waals surface area contributed by atoms with Gasteiger partial charge in [-0.3, -0.25) is 9.69 Å². The van der Waals surface area contributed by atoms with E-state index in [1.54, 1.807) is 29.2 Å². The average molecular weight is 396 g/mol. The number of carboxylic acid groups (broad SMARTS) is 1. The van der Waals surface area contributed by atoms with E-state index in [1.807, 2.05) is 25.1 Å². The fraction of sp³-hybridized carbons (Fsp3) is 0.286. The SMILES string of the molecule is CCNC(=O)N1CCc2ccc(NC(=O)Nc3cccc(CCC(=O)O)c3)cc21. The van der Waals surface area contributed by atoms with Crippen LogP contribution in [-0.4, -0.2) is 36.2 Å². The number of carbonyl (C=O) groups is 3. The molecule has 2 aromatic rings. The Morgan fingerprint density at radius 2 is 1.83 bits per heavy atom. The normalized spacial score (nSPS) is 12.2. The van der Waals surface area contributed by atoms with E-state index in [-0.39, 0.29) is 12.5 Å². The first-order chi connectivity index (χ1) is 14.0. The van der Waals surface area contributed by atoms with Gasteiger partial charge in [0, 0.05) is 30.9 Å². The van der Waals surface area contributed by atoms with Crippen molar-refractivity contribution in [1.82, 2.24) is 5.32 Å². The van der Waals surface area contributed by atoms with Crippen molar-refractivity contribution in [3.63, 3.8) is 0 Å². The molecule has 0 unspecified atom stereocenters. The van der Waals surface area contributed by atoms with Crippen molar-refractivity contribution in [2.24, 2.45) is 0 Å². The molecule has 4 N–H and O–H groups in total. The van der Waals surface area contributed by atoms with Crippen molar-refractivity contribution in [3.8, 4) is 0 Å². The average Bonchev–Trinajstić information content (AvgIpc) is 3.10. The van der Waals surface area contributed by atoms with Gasteiger partial charge in [0.2, 0.25) is 0 Å². The number of benzene rings is 2. The highest BCUT2D eigenvalue weighted by molar-refractivity contribution is 6.01. The number of aryl methyl sites for hydroxylation is 1. The summed E-state index contributed by atoms with van der Waals surface area (Å²) in [6.45, 7) is 3.03. The highest BCUT2D eigenvalue weighted by Crippen LogP contribution is 2.31. The summed E-state index contributed by atoms with van der Waals surface area (Å²) in [4.78, 5) is 36.9. The lowest BCUT2D eigenvalue weighted by molar-refractivity contribution is -0.136. The van der Waals surface area contributed by atoms with Gasteiger partial charge < -0.3 is 21.1 Å². The maximum atomic E-state index is 12.4. The molecule has 4 amide bonds. The number of nitrogens with one attached hydrogen (secondary N) is 3. The molecule has 0 bridgehead atoms. The molecule has 0 saturated carbocycles. The lowest BCUT2D eigenvalue weighted by Crippen LogP contribution is -2.38. The molecular weight excluding hydrogens is 372 g/mol. The zero-order valence-corrected chi connectivity index (χ0v) is 16.2. The summed E-state index contributed by atoms with van der Waals surface area (Å²) < 4.78 is 0. The molecule has 0 radical (unpaired) electrons. The van der Waals surface area contributed by atoms with Crippen molar-refractivity contribution in [2.75, 3.05) is 28.6 Å². The van der Waals surface area contributed by atoms with E-state index < -0.39 is 12.0 Å². The second-order valence-electron chi connectivity index (χ2n) is 6.75. The first-order valence-corrected chi connectivity index (χ1v) is 9.53. The maximum absolute atomic E-state index is 12.4. The van der Waals surface area contributed by atoms with Gasteiger partial charge in [0.25, 0.3) is 0 Å². The summed E-state index contributed by atoms with van der Waals surface area (Å²) in [5.41, 5.74) is 3.85. The standard InChI is InChI=1S/C21H24N4O4/c1-2-22-21(29)25-11-10-15-7-8-17(13-18(15)25)24-20(28)23-16-5-3-4-14(12-16)6-9-19(26)27/h3-5,7-8,12-13H,2,6,9-11H2,1H3,(H,22,29)(H,26,27)(H2,23,24,28). The van der Waals surface area contributed by atoms with Gasteiger partial charge in [-0.1, -0.05) is 18.2 Å². The third kappa shape index (κ3) is 5.25. The largest absolute Gasteiger partial charge is 0.481 e. The minimum absolute atomic E-state index is 0.0346. The maximum Gasteiger partial charge on any atom is 0.323 e. The Labute approximate surface area is 168 Å². The molecule has 0 spiro atoms. The van der Waals surface area contributed by atoms with Crippen LogP contribution in [0.15, 0.2) is 42.5 Å². The molecule has 0 aliphatic carbocycles. The molecule has 0 saturated heterocycles. The van der Waals surface area contributed by atoms with E-state index >= 15 is 0 Å². The zero-order valence-electron chi connectivity index (χ0n) is 16.2. The van der Waals surface area contributed by atoms with E-state index in [4.69, 9.17) is 5.11 Å². The number of hydrogen-bond acceptors (Lipinski definition) is 3. The van der Waals surface area contributed by atoms with Crippen molar-refractivity contribution < 1.29 is 19.5 Å². The van der Waals surface area contributed by atoms with Crippen LogP contribution in [0.1, 0.15) is 24.5 Å². The van der Waals surface area contributed by atoms with Crippen molar-refractivity contribution in [2.45, 2.75) is 26.2 Å². The summed E-state index contributed by atoms with van der Waals surface area (Å²) in [5.74, 6) is -0.862. The van der Waals surface area contributed by atoms with Gasteiger partial charge in [0.1, 0.15) is 0 Å². The Morgan fingerprint density at radius 1 is 1.07 bits per heavy atom. The summed E-state index contributed by atoms with van der Waals surface area (Å²) in [6, 6.07) is 12.0. The summed E-state index contributed by atoms with van der Waals surface area (Å²) in [6.07, 6.45) is 1.21. The Bertz CT molecular complexity index is 929. The smallest absolute Gasteiger partial charge is 0.323 e. The second-order valence-corrected chi connectivity index (χ2v) is 6.75. The molecule has 1 heterocycles. The Morgan fingerprint density at radius 3 is 2.55 bits per heavy atom. The number of urea groups is 2. The molecule has 152 valence electrons. The molecule has 1 aliphatic heterocycles. The minimum Gasteiger partial charge on any atom is -0.481 e. The molecule has 3 rings (SSSR count). The van der Waals surface area contributed by atoms with E-state index in [0.29, 0.717) is 30.9 Å². The fourth-order valence-electron chi connectivity index (χ4n) is 3.26. The molecule has 8 nitrogen and oxygen atoms in total. The Kier molecular flexibility index (Phi) is 6.33. The van der Waals surface area contributed by atoms with Gasteiger partial charge >= 0.3 is 18.0 Å². The molecule has 0 atom stereocenters. The Balaban J connectivity index is 1.64. The predicted molar refractivity (Wildman–Crippen MR) is 112 cm³/mol. The second kappa shape index (κ2) is 9.09. The topological polar surface area (TPSA) is 111 Å². The number of carbonyl (C=O) groups excluding carboxylic acids is 2. The van der Waals surface area contributed by atoms with Gasteiger partial charge in [0.05, 0.1) is 5.69 Å². The highest BCUT2D eigenvalue weighted by Gasteiger charge is 2.24. The monoisotopic (exact) mass is 396 g/mol. The van der Waals surface area contributed by atoms with Crippen molar-refractivity contribution >= 4 is 35.1 Å². The van der Waals surface area contributed by atoms with Crippen LogP contribution >= 0.6 is 0 Å². The number of rotatable bonds is 6. The van der Waals surface area contributed by atoms with Gasteiger partial charge in [-0.2, -0.15) is 0 Å². The van der Waals surface area contributed by atoms with Crippen LogP contribution in [0.2, 0.25) is 0 Å². The number of amides is 4. The highest BCUT2D eigenvalue weighted by atomic mass is 16.4. The van der Waals surface area contributed by atoms with Gasteiger partial charge in [0.15, 0.2) is 0 Å². The van der Waals surface area contributed by atoms with Crippen LogP contribution in [0.3, 0.4) is 0 Å². The summed E-state index contributed by atoms with van der Waals surface area (Å²) in [5, 5.41) is 17.1. The number of hydrogen-bond donors (Lipinski definition) is 4. The quantitative estimate of drug-likeness (QED) is 0.599. The molecule has 1 aliphatic rings. The molecule has 8 heteroatoms. The van der Waals surface area contributed by atoms with E-state index in [9.17, 15) is 14.4 Å². The third-order valence-corrected chi connectivity index (χ3v) is 4.62. The zero-order chi connectivity index (χ0) is 20.8. The first-order valence-electron chi connectivity index (χ1n) is 9.53. The molecular formula is C21H24N4O4. The molecule has 29 heavy (non-hydrogen) atoms. The van der Waals surface area contributed by atoms with Crippen LogP contribution in [-0.2, 0) is 17.6 Å². The van der Waals surface area contributed by atoms with Gasteiger partial charge in [-0.15, -0.1) is 0 Å². The van der Waals surface area contributed by atoms with Crippen molar-refractivity contribution in [1.29, 1.82) is 0 Å². The van der Waals surface area contributed by atoms with Crippen LogP contribution in [0, 0.1) is 0 Å². The minimum atomic E-state index is -0.862. The fourth-order valence-corrected chi connectivity index (χ4v) is 3.26. The van der Waals surface area contributed by atoms with Crippen LogP contribution in [0.5, 0.6) is 0 Å². The molecule has 0 fully saturated rings. The lowest BCUT2D eigenvalue weighted by Gasteiger charge is -2.18. The molecule has 0 aromatic heterocycles. The Hall–Kier alpha value is -3.55. The van der Waals surface area contributed by atoms with Gasteiger partial charge in [-0.25, -0.2) is 9.59 Å². The van der Waals surface area contributed by atoms with Gasteiger partial charge in [-0.05, 0) is 55.2 Å². The van der Waals surface area contributed by atoms with E-state index in [0.717, 1.165) is 23.2 Å². The lowest BCUT2D eigenvalue weighted by atomic mass is 10.1. The summed E-state index contributed by atoms with van der Waals surface area (Å²) >= 11 is 0. The third-order valence-electron chi connectivity index (χ3n) is 4.62. The van der Waals surface area contributed by atoms with E-state index in [2.05, 4.69) is 16.0 Å². The first kappa shape index (κ1) is 20.2. The van der Waals surface area contributed by atoms with Crippen molar-refractivity contribution in [3.05, 3.63) is 53.6 Å². The number of nitrogens with zero attached hydrogens (tertiary/aromatic N) is 1. The number of fused-ring (bicyclic) bond motifs is 1.